The maximum Gasteiger partial charge on any atom is 0.225 e. The molecule has 23 heavy (non-hydrogen) atoms. The number of amides is 1. The summed E-state index contributed by atoms with van der Waals surface area (Å²) >= 11 is 1.50. The topological polar surface area (TPSA) is 54.9 Å². The first kappa shape index (κ1) is 17.8. The van der Waals surface area contributed by atoms with Gasteiger partial charge in [-0.25, -0.2) is 4.98 Å². The van der Waals surface area contributed by atoms with Crippen molar-refractivity contribution in [2.24, 2.45) is 0 Å². The number of aromatic nitrogens is 1. The van der Waals surface area contributed by atoms with Crippen molar-refractivity contribution in [3.05, 3.63) is 12.1 Å². The number of nitrogens with zero attached hydrogens (tertiary/aromatic N) is 3. The number of fused-ring (bicyclic) bond motifs is 2. The highest BCUT2D eigenvalue weighted by molar-refractivity contribution is 7.22. The van der Waals surface area contributed by atoms with Gasteiger partial charge in [0.25, 0.3) is 0 Å². The van der Waals surface area contributed by atoms with Crippen molar-refractivity contribution in [1.82, 2.24) is 9.88 Å². The number of benzene rings is 1. The molecule has 0 bridgehead atoms. The zero-order chi connectivity index (χ0) is 15.7. The van der Waals surface area contributed by atoms with Crippen LogP contribution in [0, 0.1) is 0 Å². The fourth-order valence-corrected chi connectivity index (χ4v) is 3.30. The number of carbonyl (C=O) groups excluding carboxylic acids is 1. The van der Waals surface area contributed by atoms with Crippen LogP contribution in [0.4, 0.5) is 5.13 Å². The first-order valence-electron chi connectivity index (χ1n) is 7.17. The lowest BCUT2D eigenvalue weighted by Crippen LogP contribution is -3.00. The molecule has 0 radical (unpaired) electrons. The summed E-state index contributed by atoms with van der Waals surface area (Å²) in [4.78, 5) is 20.3. The predicted octanol–water partition coefficient (Wildman–Crippen LogP) is -1.01. The van der Waals surface area contributed by atoms with Gasteiger partial charge >= 0.3 is 0 Å². The Bertz CT molecular complexity index is 662. The number of hydrogen-bond donors (Lipinski definition) is 0. The minimum Gasteiger partial charge on any atom is -1.00 e. The molecule has 1 aliphatic rings. The van der Waals surface area contributed by atoms with Crippen LogP contribution in [0.1, 0.15) is 6.92 Å². The van der Waals surface area contributed by atoms with Crippen molar-refractivity contribution in [2.45, 2.75) is 6.92 Å². The Morgan fingerprint density at radius 2 is 1.87 bits per heavy atom. The van der Waals surface area contributed by atoms with Crippen LogP contribution in [0.5, 0.6) is 11.5 Å². The summed E-state index contributed by atoms with van der Waals surface area (Å²) in [6, 6.07) is 3.82. The first-order valence-corrected chi connectivity index (χ1v) is 7.99. The molecule has 2 heterocycles. The summed E-state index contributed by atoms with van der Waals surface area (Å²) in [5.74, 6) is 1.47. The molecule has 0 fully saturated rings. The molecule has 2 aromatic rings. The lowest BCUT2D eigenvalue weighted by Gasteiger charge is -2.20. The number of halogens is 1. The molecular weight excluding hydrogens is 338 g/mol. The van der Waals surface area contributed by atoms with Gasteiger partial charge in [-0.15, -0.1) is 0 Å². The third kappa shape index (κ3) is 3.85. The number of anilines is 1. The van der Waals surface area contributed by atoms with Crippen LogP contribution >= 0.6 is 11.3 Å². The number of thiazole rings is 1. The Morgan fingerprint density at radius 1 is 1.22 bits per heavy atom. The van der Waals surface area contributed by atoms with E-state index < -0.39 is 0 Å². The van der Waals surface area contributed by atoms with E-state index in [1.807, 2.05) is 31.1 Å². The zero-order valence-electron chi connectivity index (χ0n) is 13.3. The average Bonchev–Trinajstić information content (AvgIpc) is 2.86. The molecule has 1 aromatic heterocycles. The fraction of sp³-hybridized carbons (Fsp3) is 0.467. The smallest absolute Gasteiger partial charge is 0.225 e. The van der Waals surface area contributed by atoms with Crippen molar-refractivity contribution in [3.8, 4) is 11.5 Å². The molecule has 6 nitrogen and oxygen atoms in total. The number of rotatable bonds is 4. The molecule has 1 aliphatic heterocycles. The first-order chi connectivity index (χ1) is 10.5. The number of ether oxygens (including phenoxy) is 2. The summed E-state index contributed by atoms with van der Waals surface area (Å²) in [6.07, 6.45) is 0. The standard InChI is InChI=1S/C15H19N3O3S.ClH/c1-10(19)18(5-4-17(2)3)15-16-11-8-12-13(9-14(11)22-15)21-7-6-20-12;/h8-9H,4-7H2,1-3H3;1H/p-1. The van der Waals surface area contributed by atoms with Crippen LogP contribution < -0.4 is 26.8 Å². The number of hydrogen-bond acceptors (Lipinski definition) is 6. The van der Waals surface area contributed by atoms with Crippen molar-refractivity contribution >= 4 is 32.6 Å². The lowest BCUT2D eigenvalue weighted by atomic mass is 10.3. The molecule has 8 heteroatoms. The van der Waals surface area contributed by atoms with E-state index in [2.05, 4.69) is 4.98 Å². The molecule has 0 aliphatic carbocycles. The molecule has 1 aromatic carbocycles. The predicted molar refractivity (Wildman–Crippen MR) is 87.2 cm³/mol. The van der Waals surface area contributed by atoms with Crippen molar-refractivity contribution in [1.29, 1.82) is 0 Å². The van der Waals surface area contributed by atoms with Gasteiger partial charge in [-0.05, 0) is 14.1 Å². The van der Waals surface area contributed by atoms with Crippen LogP contribution in [0.2, 0.25) is 0 Å². The summed E-state index contributed by atoms with van der Waals surface area (Å²) in [5.41, 5.74) is 0.834. The van der Waals surface area contributed by atoms with Crippen LogP contribution in [0.25, 0.3) is 10.2 Å². The highest BCUT2D eigenvalue weighted by Gasteiger charge is 2.19. The van der Waals surface area contributed by atoms with Gasteiger partial charge in [-0.3, -0.25) is 9.69 Å². The Morgan fingerprint density at radius 3 is 2.48 bits per heavy atom. The molecule has 126 valence electrons. The summed E-state index contributed by atoms with van der Waals surface area (Å²) in [5, 5.41) is 0.715. The second-order valence-corrected chi connectivity index (χ2v) is 6.44. The summed E-state index contributed by atoms with van der Waals surface area (Å²) in [7, 11) is 3.97. The average molecular weight is 357 g/mol. The molecule has 0 saturated heterocycles. The van der Waals surface area contributed by atoms with Gasteiger partial charge < -0.3 is 26.8 Å². The Kier molecular flexibility index (Phi) is 5.67. The van der Waals surface area contributed by atoms with Crippen molar-refractivity contribution in [3.63, 3.8) is 0 Å². The van der Waals surface area contributed by atoms with Crippen LogP contribution in [0.15, 0.2) is 12.1 Å². The minimum absolute atomic E-state index is 0. The second kappa shape index (κ2) is 7.33. The molecule has 0 unspecified atom stereocenters. The van der Waals surface area contributed by atoms with Crippen LogP contribution in [-0.2, 0) is 4.79 Å². The van der Waals surface area contributed by atoms with Gasteiger partial charge in [0, 0.05) is 32.1 Å². The maximum atomic E-state index is 11.9. The molecule has 1 amide bonds. The molecule has 0 atom stereocenters. The lowest BCUT2D eigenvalue weighted by molar-refractivity contribution is -0.116. The summed E-state index contributed by atoms with van der Waals surface area (Å²) < 4.78 is 12.2. The van der Waals surface area contributed by atoms with Gasteiger partial charge in [0.2, 0.25) is 5.91 Å². The van der Waals surface area contributed by atoms with E-state index in [4.69, 9.17) is 9.47 Å². The van der Waals surface area contributed by atoms with E-state index in [9.17, 15) is 4.79 Å². The van der Waals surface area contributed by atoms with Crippen molar-refractivity contribution in [2.75, 3.05) is 45.3 Å². The van der Waals surface area contributed by atoms with Crippen LogP contribution in [0.3, 0.4) is 0 Å². The minimum atomic E-state index is -0.00169. The van der Waals surface area contributed by atoms with E-state index >= 15 is 0 Å². The quantitative estimate of drug-likeness (QED) is 0.702. The molecular formula is C15H19ClN3O3S-. The van der Waals surface area contributed by atoms with Gasteiger partial charge in [0.1, 0.15) is 13.2 Å². The largest absolute Gasteiger partial charge is 1.00 e. The Balaban J connectivity index is 0.00000192. The summed E-state index contributed by atoms with van der Waals surface area (Å²) in [6.45, 7) is 4.09. The zero-order valence-corrected chi connectivity index (χ0v) is 14.9. The Hall–Kier alpha value is -1.57. The van der Waals surface area contributed by atoms with Gasteiger partial charge in [0.15, 0.2) is 16.6 Å². The third-order valence-corrected chi connectivity index (χ3v) is 4.46. The van der Waals surface area contributed by atoms with E-state index in [1.165, 1.54) is 11.3 Å². The Labute approximate surface area is 145 Å². The maximum absolute atomic E-state index is 11.9. The number of carbonyl (C=O) groups is 1. The highest BCUT2D eigenvalue weighted by Crippen LogP contribution is 2.38. The molecule has 0 spiro atoms. The van der Waals surface area contributed by atoms with E-state index in [0.29, 0.717) is 24.9 Å². The van der Waals surface area contributed by atoms with Gasteiger partial charge in [0.05, 0.1) is 10.2 Å². The SMILES string of the molecule is CC(=O)N(CCN(C)C)c1nc2cc3c(cc2s1)OCCO3.[Cl-]. The van der Waals surface area contributed by atoms with E-state index in [1.54, 1.807) is 11.8 Å². The third-order valence-electron chi connectivity index (χ3n) is 3.42. The molecule has 3 rings (SSSR count). The normalized spacial score (nSPS) is 13.0. The van der Waals surface area contributed by atoms with E-state index in [0.717, 1.165) is 28.3 Å². The van der Waals surface area contributed by atoms with Gasteiger partial charge in [-0.1, -0.05) is 11.3 Å². The highest BCUT2D eigenvalue weighted by atomic mass is 35.5. The molecule has 0 N–H and O–H groups in total. The van der Waals surface area contributed by atoms with Crippen molar-refractivity contribution < 1.29 is 26.7 Å². The fourth-order valence-electron chi connectivity index (χ4n) is 2.26. The second-order valence-electron chi connectivity index (χ2n) is 5.43. The van der Waals surface area contributed by atoms with Crippen LogP contribution in [-0.4, -0.2) is 56.2 Å². The van der Waals surface area contributed by atoms with Gasteiger partial charge in [-0.2, -0.15) is 0 Å². The number of likely N-dealkylation sites (N-methyl/N-ethyl adjacent to an activating group) is 1. The molecule has 0 saturated carbocycles. The van der Waals surface area contributed by atoms with E-state index in [-0.39, 0.29) is 18.3 Å². The monoisotopic (exact) mass is 356 g/mol.